The van der Waals surface area contributed by atoms with Gasteiger partial charge < -0.3 is 14.4 Å². The van der Waals surface area contributed by atoms with E-state index < -0.39 is 10.0 Å². The third-order valence-corrected chi connectivity index (χ3v) is 8.16. The van der Waals surface area contributed by atoms with Gasteiger partial charge in [-0.2, -0.15) is 0 Å². The standard InChI is InChI=1S/C24H31N3O4S/c1-26-12-9-19-15-18(5-7-21(19)26)22(27-10-3-2-4-11-27)17-25-32(28,29)20-6-8-23-24(16-20)31-14-13-30-23/h5-8,15-16,22,25H,2-4,9-14,17H2,1H3. The number of hydrogen-bond donors (Lipinski definition) is 1. The summed E-state index contributed by atoms with van der Waals surface area (Å²) in [4.78, 5) is 4.91. The number of nitrogens with one attached hydrogen (secondary N) is 1. The van der Waals surface area contributed by atoms with Crippen LogP contribution in [0.2, 0.25) is 0 Å². The number of sulfonamides is 1. The number of ether oxygens (including phenoxy) is 2. The first-order valence-electron chi connectivity index (χ1n) is 11.5. The van der Waals surface area contributed by atoms with Gasteiger partial charge in [0.15, 0.2) is 11.5 Å². The van der Waals surface area contributed by atoms with E-state index in [1.165, 1.54) is 23.2 Å². The maximum absolute atomic E-state index is 13.1. The molecule has 8 heteroatoms. The summed E-state index contributed by atoms with van der Waals surface area (Å²) >= 11 is 0. The summed E-state index contributed by atoms with van der Waals surface area (Å²) in [6.07, 6.45) is 4.58. The van der Waals surface area contributed by atoms with Crippen LogP contribution in [0, 0.1) is 0 Å². The van der Waals surface area contributed by atoms with E-state index in [1.54, 1.807) is 18.2 Å². The molecule has 172 valence electrons. The van der Waals surface area contributed by atoms with Crippen LogP contribution < -0.4 is 19.1 Å². The first-order chi connectivity index (χ1) is 15.5. The number of fused-ring (bicyclic) bond motifs is 2. The third kappa shape index (κ3) is 4.31. The van der Waals surface area contributed by atoms with Crippen LogP contribution in [0.5, 0.6) is 11.5 Å². The van der Waals surface area contributed by atoms with E-state index in [-0.39, 0.29) is 10.9 Å². The molecule has 0 bridgehead atoms. The molecule has 0 radical (unpaired) electrons. The minimum absolute atomic E-state index is 0.0125. The molecule has 0 aliphatic carbocycles. The Kier molecular flexibility index (Phi) is 6.01. The highest BCUT2D eigenvalue weighted by Gasteiger charge is 2.27. The number of piperidine rings is 1. The van der Waals surface area contributed by atoms with E-state index in [0.717, 1.165) is 38.9 Å². The van der Waals surface area contributed by atoms with Crippen molar-refractivity contribution in [2.24, 2.45) is 0 Å². The number of anilines is 1. The summed E-state index contributed by atoms with van der Waals surface area (Å²) in [5, 5.41) is 0. The minimum Gasteiger partial charge on any atom is -0.486 e. The predicted molar refractivity (Wildman–Crippen MR) is 124 cm³/mol. The molecule has 1 fully saturated rings. The summed E-state index contributed by atoms with van der Waals surface area (Å²) in [6, 6.07) is 11.4. The van der Waals surface area contributed by atoms with Gasteiger partial charge in [0.2, 0.25) is 10.0 Å². The Hall–Kier alpha value is -2.29. The van der Waals surface area contributed by atoms with Gasteiger partial charge >= 0.3 is 0 Å². The molecule has 1 unspecified atom stereocenters. The Bertz CT molecular complexity index is 1080. The van der Waals surface area contributed by atoms with Crippen molar-refractivity contribution in [3.05, 3.63) is 47.5 Å². The fourth-order valence-electron chi connectivity index (χ4n) is 4.94. The van der Waals surface area contributed by atoms with Crippen LogP contribution in [0.3, 0.4) is 0 Å². The monoisotopic (exact) mass is 457 g/mol. The van der Waals surface area contributed by atoms with Gasteiger partial charge in [-0.25, -0.2) is 13.1 Å². The fourth-order valence-corrected chi connectivity index (χ4v) is 6.00. The van der Waals surface area contributed by atoms with Crippen molar-refractivity contribution in [2.45, 2.75) is 36.6 Å². The highest BCUT2D eigenvalue weighted by atomic mass is 32.2. The van der Waals surface area contributed by atoms with E-state index in [4.69, 9.17) is 9.47 Å². The average Bonchev–Trinajstić information content (AvgIpc) is 3.19. The molecule has 3 aliphatic heterocycles. The van der Waals surface area contributed by atoms with Crippen LogP contribution in [-0.4, -0.2) is 59.8 Å². The predicted octanol–water partition coefficient (Wildman–Crippen LogP) is 2.96. The van der Waals surface area contributed by atoms with Crippen LogP contribution in [-0.2, 0) is 16.4 Å². The summed E-state index contributed by atoms with van der Waals surface area (Å²) < 4.78 is 40.2. The van der Waals surface area contributed by atoms with Crippen LogP contribution in [0.1, 0.15) is 36.4 Å². The molecule has 0 amide bonds. The second-order valence-corrected chi connectivity index (χ2v) is 10.6. The Morgan fingerprint density at radius 2 is 1.75 bits per heavy atom. The Balaban J connectivity index is 1.38. The lowest BCUT2D eigenvalue weighted by atomic mass is 9.99. The summed E-state index contributed by atoms with van der Waals surface area (Å²) in [5.74, 6) is 1.07. The molecule has 0 aromatic heterocycles. The third-order valence-electron chi connectivity index (χ3n) is 6.74. The van der Waals surface area contributed by atoms with Crippen molar-refractivity contribution in [1.82, 2.24) is 9.62 Å². The molecular formula is C24H31N3O4S. The number of benzene rings is 2. The number of likely N-dealkylation sites (tertiary alicyclic amines) is 1. The zero-order valence-electron chi connectivity index (χ0n) is 18.5. The zero-order valence-corrected chi connectivity index (χ0v) is 19.4. The van der Waals surface area contributed by atoms with Gasteiger partial charge in [0.05, 0.1) is 4.90 Å². The van der Waals surface area contributed by atoms with E-state index in [1.807, 2.05) is 0 Å². The first kappa shape index (κ1) is 21.6. The maximum atomic E-state index is 13.1. The lowest BCUT2D eigenvalue weighted by molar-refractivity contribution is 0.164. The fraction of sp³-hybridized carbons (Fsp3) is 0.500. The topological polar surface area (TPSA) is 71.1 Å². The normalized spacial score (nSPS) is 19.6. The second-order valence-electron chi connectivity index (χ2n) is 8.83. The first-order valence-corrected chi connectivity index (χ1v) is 13.0. The van der Waals surface area contributed by atoms with Crippen LogP contribution in [0.4, 0.5) is 5.69 Å². The number of nitrogens with zero attached hydrogens (tertiary/aromatic N) is 2. The molecule has 1 atom stereocenters. The zero-order chi connectivity index (χ0) is 22.1. The number of rotatable bonds is 6. The highest BCUT2D eigenvalue weighted by molar-refractivity contribution is 7.89. The molecule has 7 nitrogen and oxygen atoms in total. The van der Waals surface area contributed by atoms with Gasteiger partial charge in [-0.15, -0.1) is 0 Å². The van der Waals surface area contributed by atoms with Crippen LogP contribution >= 0.6 is 0 Å². The molecule has 3 heterocycles. The van der Waals surface area contributed by atoms with E-state index in [9.17, 15) is 8.42 Å². The number of likely N-dealkylation sites (N-methyl/N-ethyl adjacent to an activating group) is 1. The molecule has 1 N–H and O–H groups in total. The molecule has 5 rings (SSSR count). The second kappa shape index (κ2) is 8.92. The van der Waals surface area contributed by atoms with Gasteiger partial charge in [0.1, 0.15) is 13.2 Å². The van der Waals surface area contributed by atoms with Gasteiger partial charge in [-0.1, -0.05) is 18.6 Å². The van der Waals surface area contributed by atoms with Crippen molar-refractivity contribution in [2.75, 3.05) is 51.3 Å². The Labute approximate surface area is 190 Å². The SMILES string of the molecule is CN1CCc2cc(C(CNS(=O)(=O)c3ccc4c(c3)OCCO4)N3CCCCC3)ccc21. The van der Waals surface area contributed by atoms with Gasteiger partial charge in [0.25, 0.3) is 0 Å². The lowest BCUT2D eigenvalue weighted by Gasteiger charge is -2.35. The molecule has 0 spiro atoms. The van der Waals surface area contributed by atoms with Gasteiger partial charge in [-0.3, -0.25) is 4.90 Å². The Morgan fingerprint density at radius 3 is 2.56 bits per heavy atom. The summed E-state index contributed by atoms with van der Waals surface area (Å²) in [6.45, 7) is 4.26. The largest absolute Gasteiger partial charge is 0.486 e. The molecule has 32 heavy (non-hydrogen) atoms. The molecule has 2 aromatic rings. The molecular weight excluding hydrogens is 426 g/mol. The van der Waals surface area contributed by atoms with Crippen molar-refractivity contribution in [1.29, 1.82) is 0 Å². The van der Waals surface area contributed by atoms with E-state index >= 15 is 0 Å². The summed E-state index contributed by atoms with van der Waals surface area (Å²) in [7, 11) is -1.56. The molecule has 3 aliphatic rings. The van der Waals surface area contributed by atoms with Crippen molar-refractivity contribution < 1.29 is 17.9 Å². The lowest BCUT2D eigenvalue weighted by Crippen LogP contribution is -2.40. The van der Waals surface area contributed by atoms with Crippen LogP contribution in [0.15, 0.2) is 41.3 Å². The van der Waals surface area contributed by atoms with Crippen molar-refractivity contribution in [3.63, 3.8) is 0 Å². The van der Waals surface area contributed by atoms with Crippen molar-refractivity contribution in [3.8, 4) is 11.5 Å². The molecule has 0 saturated carbocycles. The van der Waals surface area contributed by atoms with E-state index in [0.29, 0.717) is 31.3 Å². The molecule has 1 saturated heterocycles. The maximum Gasteiger partial charge on any atom is 0.240 e. The Morgan fingerprint density at radius 1 is 0.969 bits per heavy atom. The van der Waals surface area contributed by atoms with Crippen molar-refractivity contribution >= 4 is 15.7 Å². The van der Waals surface area contributed by atoms with Gasteiger partial charge in [-0.05, 0) is 61.7 Å². The smallest absolute Gasteiger partial charge is 0.240 e. The number of hydrogen-bond acceptors (Lipinski definition) is 6. The van der Waals surface area contributed by atoms with E-state index in [2.05, 4.69) is 39.8 Å². The highest BCUT2D eigenvalue weighted by Crippen LogP contribution is 2.34. The average molecular weight is 458 g/mol. The van der Waals surface area contributed by atoms with Gasteiger partial charge in [0, 0.05) is 37.9 Å². The quantitative estimate of drug-likeness (QED) is 0.719. The minimum atomic E-state index is -3.68. The summed E-state index contributed by atoms with van der Waals surface area (Å²) in [5.41, 5.74) is 3.82. The molecule has 2 aromatic carbocycles. The van der Waals surface area contributed by atoms with Crippen LogP contribution in [0.25, 0.3) is 0 Å².